The van der Waals surface area contributed by atoms with Gasteiger partial charge in [-0.15, -0.1) is 23.7 Å². The standard InChI is InChI=1S/C34H30FN5O4S.ClH/c1-43-18-16-37-20-22-11-12-26(39-21-22)30-19-27-31(45-30)29(13-15-38-27)44-28-10-6-5-9-24(28)25-14-17-40(23-7-3-2-4-8-23)33(42)34(25,35)32(36)41;/h2-15,17,19,21,25,37H,16,18,20H2,1H3,(H2,36,41);1H. The molecule has 0 radical (unpaired) electrons. The highest BCUT2D eigenvalue weighted by Gasteiger charge is 2.56. The molecule has 0 fully saturated rings. The zero-order valence-electron chi connectivity index (χ0n) is 24.8. The Kier molecular flexibility index (Phi) is 10.1. The molecule has 12 heteroatoms. The first-order valence-electron chi connectivity index (χ1n) is 14.3. The van der Waals surface area contributed by atoms with Crippen molar-refractivity contribution < 1.29 is 23.5 Å². The summed E-state index contributed by atoms with van der Waals surface area (Å²) in [5.74, 6) is -3.00. The molecule has 0 aliphatic carbocycles. The Labute approximate surface area is 275 Å². The van der Waals surface area contributed by atoms with E-state index in [2.05, 4.69) is 15.3 Å². The minimum absolute atomic E-state index is 0. The van der Waals surface area contributed by atoms with Gasteiger partial charge in [-0.2, -0.15) is 0 Å². The zero-order valence-corrected chi connectivity index (χ0v) is 26.4. The van der Waals surface area contributed by atoms with Crippen LogP contribution >= 0.6 is 23.7 Å². The third-order valence-corrected chi connectivity index (χ3v) is 8.68. The number of anilines is 1. The highest BCUT2D eigenvalue weighted by atomic mass is 35.5. The highest BCUT2D eigenvalue weighted by Crippen LogP contribution is 2.45. The molecular weight excluding hydrogens is 629 g/mol. The number of nitrogens with one attached hydrogen (secondary N) is 1. The Morgan fingerprint density at radius 2 is 1.85 bits per heavy atom. The lowest BCUT2D eigenvalue weighted by Crippen LogP contribution is -2.58. The SMILES string of the molecule is COCCNCc1ccc(-c2cc3nccc(Oc4ccccc4C4C=CN(c5ccccc5)C(=O)C4(F)C(N)=O)c3s2)nc1.Cl. The fourth-order valence-electron chi connectivity index (χ4n) is 5.20. The van der Waals surface area contributed by atoms with Gasteiger partial charge in [0.15, 0.2) is 0 Å². The summed E-state index contributed by atoms with van der Waals surface area (Å²) in [4.78, 5) is 37.3. The molecule has 2 amide bonds. The summed E-state index contributed by atoms with van der Waals surface area (Å²) in [6, 6.07) is 22.9. The number of fused-ring (bicyclic) bond motifs is 1. The Bertz CT molecular complexity index is 1870. The molecule has 1 aliphatic rings. The summed E-state index contributed by atoms with van der Waals surface area (Å²) in [6.07, 6.45) is 6.39. The van der Waals surface area contributed by atoms with E-state index in [4.69, 9.17) is 15.2 Å². The van der Waals surface area contributed by atoms with Gasteiger partial charge in [-0.3, -0.25) is 24.5 Å². The van der Waals surface area contributed by atoms with Crippen LogP contribution in [0.15, 0.2) is 104 Å². The molecule has 236 valence electrons. The molecular formula is C34H31ClFN5O4S. The second kappa shape index (κ2) is 14.2. The van der Waals surface area contributed by atoms with Gasteiger partial charge in [-0.25, -0.2) is 4.39 Å². The summed E-state index contributed by atoms with van der Waals surface area (Å²) in [7, 11) is 1.67. The average Bonchev–Trinajstić information content (AvgIpc) is 3.51. The topological polar surface area (TPSA) is 120 Å². The maximum absolute atomic E-state index is 16.7. The molecule has 0 bridgehead atoms. The Morgan fingerprint density at radius 3 is 2.59 bits per heavy atom. The number of aromatic nitrogens is 2. The first-order valence-corrected chi connectivity index (χ1v) is 15.1. The molecule has 2 atom stereocenters. The van der Waals surface area contributed by atoms with Crippen LogP contribution in [0.1, 0.15) is 17.0 Å². The lowest BCUT2D eigenvalue weighted by atomic mass is 9.79. The number of carbonyl (C=O) groups is 2. The van der Waals surface area contributed by atoms with Crippen LogP contribution < -0.4 is 20.7 Å². The number of hydrogen-bond acceptors (Lipinski definition) is 8. The predicted molar refractivity (Wildman–Crippen MR) is 179 cm³/mol. The molecule has 0 saturated carbocycles. The van der Waals surface area contributed by atoms with Gasteiger partial charge in [0.25, 0.3) is 17.5 Å². The van der Waals surface area contributed by atoms with Crippen LogP contribution in [0.2, 0.25) is 0 Å². The summed E-state index contributed by atoms with van der Waals surface area (Å²) >= 11 is 1.47. The number of pyridine rings is 2. The lowest BCUT2D eigenvalue weighted by Gasteiger charge is -2.36. The van der Waals surface area contributed by atoms with Crippen molar-refractivity contribution in [3.63, 3.8) is 0 Å². The van der Waals surface area contributed by atoms with Crippen molar-refractivity contribution in [3.05, 3.63) is 115 Å². The third-order valence-electron chi connectivity index (χ3n) is 7.52. The molecule has 2 aromatic carbocycles. The van der Waals surface area contributed by atoms with Gasteiger partial charge in [0.1, 0.15) is 11.5 Å². The van der Waals surface area contributed by atoms with E-state index in [-0.39, 0.29) is 18.2 Å². The molecule has 1 aliphatic heterocycles. The van der Waals surface area contributed by atoms with E-state index in [1.165, 1.54) is 23.6 Å². The van der Waals surface area contributed by atoms with Crippen LogP contribution in [0.5, 0.6) is 11.5 Å². The number of carbonyl (C=O) groups excluding carboxylic acids is 2. The van der Waals surface area contributed by atoms with Crippen LogP contribution in [0, 0.1) is 0 Å². The number of rotatable bonds is 11. The quantitative estimate of drug-likeness (QED) is 0.129. The molecule has 6 rings (SSSR count). The van der Waals surface area contributed by atoms with Crippen LogP contribution in [0.3, 0.4) is 0 Å². The van der Waals surface area contributed by atoms with Crippen molar-refractivity contribution >= 4 is 51.5 Å². The van der Waals surface area contributed by atoms with Crippen LogP contribution in [-0.2, 0) is 20.9 Å². The number of alkyl halides is 1. The van der Waals surface area contributed by atoms with Gasteiger partial charge in [0.2, 0.25) is 0 Å². The first kappa shape index (κ1) is 32.7. The maximum atomic E-state index is 16.7. The minimum Gasteiger partial charge on any atom is -0.455 e. The number of benzene rings is 2. The van der Waals surface area contributed by atoms with Gasteiger partial charge in [-0.1, -0.05) is 48.5 Å². The van der Waals surface area contributed by atoms with E-state index in [9.17, 15) is 9.59 Å². The highest BCUT2D eigenvalue weighted by molar-refractivity contribution is 7.22. The largest absolute Gasteiger partial charge is 0.455 e. The number of allylic oxidation sites excluding steroid dienone is 1. The molecule has 0 spiro atoms. The Hall–Kier alpha value is -4.68. The Morgan fingerprint density at radius 1 is 1.07 bits per heavy atom. The normalized spacial score (nSPS) is 17.6. The maximum Gasteiger partial charge on any atom is 0.279 e. The molecule has 4 heterocycles. The predicted octanol–water partition coefficient (Wildman–Crippen LogP) is 6.15. The number of primary amides is 1. The van der Waals surface area contributed by atoms with Crippen LogP contribution in [0.4, 0.5) is 10.1 Å². The van der Waals surface area contributed by atoms with Gasteiger partial charge in [0, 0.05) is 56.1 Å². The first-order chi connectivity index (χ1) is 21.9. The van der Waals surface area contributed by atoms with Crippen molar-refractivity contribution in [1.82, 2.24) is 15.3 Å². The summed E-state index contributed by atoms with van der Waals surface area (Å²) < 4.78 is 28.9. The van der Waals surface area contributed by atoms with E-state index >= 15 is 4.39 Å². The summed E-state index contributed by atoms with van der Waals surface area (Å²) in [6.45, 7) is 2.07. The van der Waals surface area contributed by atoms with Gasteiger partial charge in [0.05, 0.1) is 33.3 Å². The molecule has 3 N–H and O–H groups in total. The molecule has 0 saturated heterocycles. The second-order valence-corrected chi connectivity index (χ2v) is 11.5. The van der Waals surface area contributed by atoms with Crippen LogP contribution in [-0.4, -0.2) is 47.7 Å². The second-order valence-electron chi connectivity index (χ2n) is 10.4. The zero-order chi connectivity index (χ0) is 31.4. The molecule has 3 aromatic heterocycles. The van der Waals surface area contributed by atoms with Crippen LogP contribution in [0.25, 0.3) is 20.8 Å². The summed E-state index contributed by atoms with van der Waals surface area (Å²) in [5, 5.41) is 3.30. The van der Waals surface area contributed by atoms with E-state index in [1.807, 2.05) is 24.4 Å². The number of amides is 2. The molecule has 9 nitrogen and oxygen atoms in total. The number of halogens is 2. The number of thiophene rings is 1. The van der Waals surface area contributed by atoms with Crippen molar-refractivity contribution in [3.8, 4) is 22.1 Å². The van der Waals surface area contributed by atoms with E-state index < -0.39 is 23.4 Å². The van der Waals surface area contributed by atoms with Crippen molar-refractivity contribution in [1.29, 1.82) is 0 Å². The minimum atomic E-state index is -3.05. The number of ether oxygens (including phenoxy) is 2. The van der Waals surface area contributed by atoms with Crippen molar-refractivity contribution in [2.75, 3.05) is 25.2 Å². The number of nitrogens with two attached hydrogens (primary N) is 1. The van der Waals surface area contributed by atoms with Gasteiger partial charge >= 0.3 is 0 Å². The van der Waals surface area contributed by atoms with Gasteiger partial charge < -0.3 is 20.5 Å². The average molecular weight is 660 g/mol. The lowest BCUT2D eigenvalue weighted by molar-refractivity contribution is -0.143. The van der Waals surface area contributed by atoms with Crippen molar-refractivity contribution in [2.45, 2.75) is 18.1 Å². The van der Waals surface area contributed by atoms with Gasteiger partial charge in [-0.05, 0) is 35.9 Å². The number of hydrogen-bond donors (Lipinski definition) is 2. The van der Waals surface area contributed by atoms with E-state index in [1.54, 1.807) is 74.0 Å². The summed E-state index contributed by atoms with van der Waals surface area (Å²) in [5.41, 5.74) is 5.80. The van der Waals surface area contributed by atoms with E-state index in [0.717, 1.165) is 32.3 Å². The smallest absolute Gasteiger partial charge is 0.279 e. The van der Waals surface area contributed by atoms with Crippen molar-refractivity contribution in [2.24, 2.45) is 5.73 Å². The van der Waals surface area contributed by atoms with E-state index in [0.29, 0.717) is 35.7 Å². The monoisotopic (exact) mass is 659 g/mol. The third kappa shape index (κ3) is 6.35. The number of nitrogens with zero attached hydrogens (tertiary/aromatic N) is 3. The molecule has 46 heavy (non-hydrogen) atoms. The number of para-hydroxylation sites is 2. The number of methoxy groups -OCH3 is 1. The molecule has 2 unspecified atom stereocenters. The molecule has 5 aromatic rings. The fourth-order valence-corrected chi connectivity index (χ4v) is 6.24. The Balaban J connectivity index is 0.00000417. The fraction of sp³-hybridized carbons (Fsp3) is 0.176.